The van der Waals surface area contributed by atoms with Crippen LogP contribution in [0.25, 0.3) is 0 Å². The van der Waals surface area contributed by atoms with Gasteiger partial charge in [0.2, 0.25) is 11.8 Å². The average Bonchev–Trinajstić information content (AvgIpc) is 2.77. The molecule has 0 radical (unpaired) electrons. The van der Waals surface area contributed by atoms with E-state index in [0.29, 0.717) is 18.9 Å². The van der Waals surface area contributed by atoms with E-state index >= 15 is 0 Å². The third-order valence-electron chi connectivity index (χ3n) is 3.04. The van der Waals surface area contributed by atoms with E-state index in [1.165, 1.54) is 0 Å². The summed E-state index contributed by atoms with van der Waals surface area (Å²) in [5.41, 5.74) is 0. The molecule has 0 spiro atoms. The van der Waals surface area contributed by atoms with Crippen LogP contribution in [0.3, 0.4) is 0 Å². The van der Waals surface area contributed by atoms with Crippen LogP contribution >= 0.6 is 0 Å². The molecule has 0 bridgehead atoms. The summed E-state index contributed by atoms with van der Waals surface area (Å²) in [7, 11) is -3.11. The van der Waals surface area contributed by atoms with Crippen molar-refractivity contribution in [3.63, 3.8) is 0 Å². The van der Waals surface area contributed by atoms with Gasteiger partial charge in [-0.1, -0.05) is 13.3 Å². The number of rotatable bonds is 5. The molecule has 0 saturated carbocycles. The van der Waals surface area contributed by atoms with Crippen LogP contribution in [0.1, 0.15) is 49.6 Å². The first-order valence-electron chi connectivity index (χ1n) is 6.38. The Labute approximate surface area is 107 Å². The van der Waals surface area contributed by atoms with Gasteiger partial charge in [-0.05, 0) is 25.8 Å². The zero-order valence-electron chi connectivity index (χ0n) is 10.6. The fraction of sp³-hybridized carbons (Fsp3) is 0.818. The van der Waals surface area contributed by atoms with Crippen molar-refractivity contribution in [2.45, 2.75) is 44.4 Å². The Kier molecular flexibility index (Phi) is 4.34. The van der Waals surface area contributed by atoms with Gasteiger partial charge in [-0.15, -0.1) is 10.2 Å². The first kappa shape index (κ1) is 13.5. The lowest BCUT2D eigenvalue weighted by Gasteiger charge is -2.18. The van der Waals surface area contributed by atoms with Crippen LogP contribution in [0.4, 0.5) is 0 Å². The van der Waals surface area contributed by atoms with Crippen LogP contribution < -0.4 is 5.32 Å². The maximum atomic E-state index is 11.9. The van der Waals surface area contributed by atoms with E-state index in [-0.39, 0.29) is 11.6 Å². The molecule has 1 atom stereocenters. The highest BCUT2D eigenvalue weighted by atomic mass is 32.2. The molecule has 102 valence electrons. The normalized spacial score (nSPS) is 23.1. The highest BCUT2D eigenvalue weighted by Crippen LogP contribution is 2.32. The molecule has 1 aromatic heterocycles. The molecule has 6 nitrogen and oxygen atoms in total. The summed E-state index contributed by atoms with van der Waals surface area (Å²) in [6.07, 6.45) is 3.25. The minimum atomic E-state index is -3.11. The van der Waals surface area contributed by atoms with Crippen molar-refractivity contribution < 1.29 is 12.8 Å². The van der Waals surface area contributed by atoms with E-state index in [2.05, 4.69) is 22.4 Å². The molecule has 1 aliphatic heterocycles. The second-order valence-electron chi connectivity index (χ2n) is 4.56. The summed E-state index contributed by atoms with van der Waals surface area (Å²) in [5.74, 6) is 0.936. The fourth-order valence-corrected chi connectivity index (χ4v) is 3.89. The van der Waals surface area contributed by atoms with Crippen LogP contribution in [-0.2, 0) is 16.4 Å². The van der Waals surface area contributed by atoms with Gasteiger partial charge in [-0.3, -0.25) is 0 Å². The minimum Gasteiger partial charge on any atom is -0.422 e. The predicted octanol–water partition coefficient (Wildman–Crippen LogP) is 1.21. The zero-order chi connectivity index (χ0) is 13.0. The quantitative estimate of drug-likeness (QED) is 0.812. The summed E-state index contributed by atoms with van der Waals surface area (Å²) < 4.78 is 29.3. The van der Waals surface area contributed by atoms with Crippen LogP contribution in [0.15, 0.2) is 4.42 Å². The Balaban J connectivity index is 2.04. The number of sulfone groups is 1. The molecule has 1 aromatic rings. The molecule has 7 heteroatoms. The molecule has 2 heterocycles. The van der Waals surface area contributed by atoms with Crippen molar-refractivity contribution in [2.75, 3.05) is 12.3 Å². The third kappa shape index (κ3) is 3.08. The van der Waals surface area contributed by atoms with Gasteiger partial charge in [0.25, 0.3) is 0 Å². The Morgan fingerprint density at radius 2 is 2.22 bits per heavy atom. The minimum absolute atomic E-state index is 0.226. The maximum absolute atomic E-state index is 11.9. The Hall–Kier alpha value is -0.950. The van der Waals surface area contributed by atoms with E-state index in [0.717, 1.165) is 25.8 Å². The maximum Gasteiger partial charge on any atom is 0.234 e. The van der Waals surface area contributed by atoms with E-state index in [4.69, 9.17) is 4.42 Å². The highest BCUT2D eigenvalue weighted by molar-refractivity contribution is 7.91. The molecule has 18 heavy (non-hydrogen) atoms. The van der Waals surface area contributed by atoms with Gasteiger partial charge in [0, 0.05) is 0 Å². The van der Waals surface area contributed by atoms with Gasteiger partial charge < -0.3 is 9.73 Å². The van der Waals surface area contributed by atoms with Crippen molar-refractivity contribution >= 4 is 9.84 Å². The van der Waals surface area contributed by atoms with Gasteiger partial charge in [-0.25, -0.2) is 8.42 Å². The van der Waals surface area contributed by atoms with Crippen molar-refractivity contribution in [1.29, 1.82) is 0 Å². The van der Waals surface area contributed by atoms with E-state index < -0.39 is 15.1 Å². The lowest BCUT2D eigenvalue weighted by Crippen LogP contribution is -2.21. The molecule has 1 fully saturated rings. The topological polar surface area (TPSA) is 85.1 Å². The molecule has 1 N–H and O–H groups in total. The monoisotopic (exact) mass is 273 g/mol. The van der Waals surface area contributed by atoms with E-state index in [1.807, 2.05) is 0 Å². The van der Waals surface area contributed by atoms with Crippen molar-refractivity contribution in [3.05, 3.63) is 11.8 Å². The Morgan fingerprint density at radius 1 is 1.39 bits per heavy atom. The second-order valence-corrected chi connectivity index (χ2v) is 6.87. The Morgan fingerprint density at radius 3 is 2.94 bits per heavy atom. The number of nitrogens with one attached hydrogen (secondary N) is 1. The van der Waals surface area contributed by atoms with Crippen LogP contribution in [0.2, 0.25) is 0 Å². The Bertz CT molecular complexity index is 483. The van der Waals surface area contributed by atoms with Crippen molar-refractivity contribution in [1.82, 2.24) is 15.5 Å². The van der Waals surface area contributed by atoms with E-state index in [1.54, 1.807) is 0 Å². The first-order chi connectivity index (χ1) is 8.63. The van der Waals surface area contributed by atoms with Gasteiger partial charge >= 0.3 is 0 Å². The van der Waals surface area contributed by atoms with Gasteiger partial charge in [0.1, 0.15) is 5.25 Å². The molecular weight excluding hydrogens is 254 g/mol. The molecule has 0 amide bonds. The highest BCUT2D eigenvalue weighted by Gasteiger charge is 2.34. The van der Waals surface area contributed by atoms with Crippen LogP contribution in [-0.4, -0.2) is 30.9 Å². The standard InChI is InChI=1S/C11H19N3O3S/c1-2-6-12-8-10-13-14-11(17-10)9-5-3-4-7-18(9,15)16/h9,12H,2-8H2,1H3. The molecular formula is C11H19N3O3S. The third-order valence-corrected chi connectivity index (χ3v) is 5.20. The predicted molar refractivity (Wildman–Crippen MR) is 66.7 cm³/mol. The average molecular weight is 273 g/mol. The molecule has 1 saturated heterocycles. The molecule has 1 aliphatic rings. The molecule has 0 aromatic carbocycles. The van der Waals surface area contributed by atoms with Crippen molar-refractivity contribution in [2.24, 2.45) is 0 Å². The number of aromatic nitrogens is 2. The summed E-state index contributed by atoms with van der Waals surface area (Å²) in [6, 6.07) is 0. The lowest BCUT2D eigenvalue weighted by atomic mass is 10.2. The number of hydrogen-bond acceptors (Lipinski definition) is 6. The number of nitrogens with zero attached hydrogens (tertiary/aromatic N) is 2. The SMILES string of the molecule is CCCNCc1nnc(C2CCCCS2(=O)=O)o1. The largest absolute Gasteiger partial charge is 0.422 e. The molecule has 1 unspecified atom stereocenters. The van der Waals surface area contributed by atoms with E-state index in [9.17, 15) is 8.42 Å². The van der Waals surface area contributed by atoms with Gasteiger partial charge in [-0.2, -0.15) is 0 Å². The smallest absolute Gasteiger partial charge is 0.234 e. The summed E-state index contributed by atoms with van der Waals surface area (Å²) in [4.78, 5) is 0. The van der Waals surface area contributed by atoms with Crippen LogP contribution in [0.5, 0.6) is 0 Å². The zero-order valence-corrected chi connectivity index (χ0v) is 11.4. The fourth-order valence-electron chi connectivity index (χ4n) is 2.07. The summed E-state index contributed by atoms with van der Waals surface area (Å²) >= 11 is 0. The summed E-state index contributed by atoms with van der Waals surface area (Å²) in [6.45, 7) is 3.44. The van der Waals surface area contributed by atoms with Crippen LogP contribution in [0, 0.1) is 0 Å². The second kappa shape index (κ2) is 5.79. The lowest BCUT2D eigenvalue weighted by molar-refractivity contribution is 0.412. The van der Waals surface area contributed by atoms with Gasteiger partial charge in [0.05, 0.1) is 12.3 Å². The first-order valence-corrected chi connectivity index (χ1v) is 8.09. The van der Waals surface area contributed by atoms with Crippen molar-refractivity contribution in [3.8, 4) is 0 Å². The van der Waals surface area contributed by atoms with Gasteiger partial charge in [0.15, 0.2) is 9.84 Å². The molecule has 0 aliphatic carbocycles. The summed E-state index contributed by atoms with van der Waals surface area (Å²) in [5, 5.41) is 10.3. The molecule has 2 rings (SSSR count). The number of hydrogen-bond donors (Lipinski definition) is 1.